The normalized spacial score (nSPS) is 15.9. The van der Waals surface area contributed by atoms with E-state index in [-0.39, 0.29) is 0 Å². The lowest BCUT2D eigenvalue weighted by atomic mass is 9.91. The molecule has 0 saturated carbocycles. The molecule has 0 amide bonds. The van der Waals surface area contributed by atoms with Crippen LogP contribution < -0.4 is 4.90 Å². The Morgan fingerprint density at radius 2 is 2.19 bits per heavy atom. The molecule has 3 heterocycles. The standard InChI is InChI=1S/C16H19N5/c1-2-21-12-15(11-19-21)13-5-8-20(9-6-13)16-14(10-17)4-3-7-18-16/h3-4,7,11-13H,2,5-6,8-9H2,1H3. The first kappa shape index (κ1) is 13.6. The molecule has 5 nitrogen and oxygen atoms in total. The van der Waals surface area contributed by atoms with Gasteiger partial charge in [-0.1, -0.05) is 0 Å². The van der Waals surface area contributed by atoms with Crippen LogP contribution in [0, 0.1) is 11.3 Å². The van der Waals surface area contributed by atoms with Gasteiger partial charge in [0.15, 0.2) is 0 Å². The molecule has 0 aromatic carbocycles. The average molecular weight is 281 g/mol. The number of hydrogen-bond donors (Lipinski definition) is 0. The molecule has 0 bridgehead atoms. The summed E-state index contributed by atoms with van der Waals surface area (Å²) in [5, 5.41) is 13.5. The van der Waals surface area contributed by atoms with Crippen LogP contribution in [-0.2, 0) is 6.54 Å². The summed E-state index contributed by atoms with van der Waals surface area (Å²) in [6, 6.07) is 5.88. The zero-order valence-electron chi connectivity index (χ0n) is 12.2. The van der Waals surface area contributed by atoms with E-state index in [0.717, 1.165) is 38.3 Å². The Hall–Kier alpha value is -2.35. The van der Waals surface area contributed by atoms with E-state index in [0.29, 0.717) is 11.5 Å². The number of rotatable bonds is 3. The van der Waals surface area contributed by atoms with E-state index in [2.05, 4.69) is 34.2 Å². The van der Waals surface area contributed by atoms with Crippen molar-refractivity contribution in [3.63, 3.8) is 0 Å². The van der Waals surface area contributed by atoms with Gasteiger partial charge in [-0.15, -0.1) is 0 Å². The predicted octanol–water partition coefficient (Wildman–Crippen LogP) is 2.55. The molecule has 21 heavy (non-hydrogen) atoms. The van der Waals surface area contributed by atoms with Crippen molar-refractivity contribution in [3.8, 4) is 6.07 Å². The van der Waals surface area contributed by atoms with Crippen LogP contribution in [0.4, 0.5) is 5.82 Å². The lowest BCUT2D eigenvalue weighted by molar-refractivity contribution is 0.502. The number of aryl methyl sites for hydroxylation is 1. The highest BCUT2D eigenvalue weighted by Crippen LogP contribution is 2.30. The zero-order chi connectivity index (χ0) is 14.7. The molecule has 0 N–H and O–H groups in total. The van der Waals surface area contributed by atoms with Crippen LogP contribution in [0.15, 0.2) is 30.7 Å². The van der Waals surface area contributed by atoms with Crippen LogP contribution in [0.1, 0.15) is 36.8 Å². The minimum atomic E-state index is 0.566. The molecule has 3 rings (SSSR count). The highest BCUT2D eigenvalue weighted by atomic mass is 15.3. The molecular formula is C16H19N5. The van der Waals surface area contributed by atoms with Gasteiger partial charge in [0.25, 0.3) is 0 Å². The second-order valence-electron chi connectivity index (χ2n) is 5.38. The molecule has 1 aliphatic heterocycles. The third-order valence-corrected chi connectivity index (χ3v) is 4.15. The predicted molar refractivity (Wildman–Crippen MR) is 81.0 cm³/mol. The molecule has 0 spiro atoms. The van der Waals surface area contributed by atoms with Crippen LogP contribution >= 0.6 is 0 Å². The first-order valence-corrected chi connectivity index (χ1v) is 7.44. The molecule has 1 fully saturated rings. The summed E-state index contributed by atoms with van der Waals surface area (Å²) in [7, 11) is 0. The zero-order valence-corrected chi connectivity index (χ0v) is 12.2. The van der Waals surface area contributed by atoms with Crippen LogP contribution in [0.25, 0.3) is 0 Å². The maximum Gasteiger partial charge on any atom is 0.146 e. The van der Waals surface area contributed by atoms with Crippen molar-refractivity contribution in [1.29, 1.82) is 5.26 Å². The first-order valence-electron chi connectivity index (χ1n) is 7.44. The fourth-order valence-electron chi connectivity index (χ4n) is 2.92. The van der Waals surface area contributed by atoms with Crippen molar-refractivity contribution in [2.24, 2.45) is 0 Å². The number of anilines is 1. The second kappa shape index (κ2) is 5.96. The van der Waals surface area contributed by atoms with E-state index in [9.17, 15) is 5.26 Å². The van der Waals surface area contributed by atoms with Crippen LogP contribution in [0.2, 0.25) is 0 Å². The van der Waals surface area contributed by atoms with E-state index in [1.807, 2.05) is 23.0 Å². The van der Waals surface area contributed by atoms with E-state index >= 15 is 0 Å². The summed E-state index contributed by atoms with van der Waals surface area (Å²) in [6.07, 6.45) is 8.06. The lowest BCUT2D eigenvalue weighted by Crippen LogP contribution is -2.33. The molecule has 5 heteroatoms. The van der Waals surface area contributed by atoms with Gasteiger partial charge in [-0.2, -0.15) is 10.4 Å². The summed E-state index contributed by atoms with van der Waals surface area (Å²) in [5.41, 5.74) is 1.99. The van der Waals surface area contributed by atoms with Gasteiger partial charge in [-0.3, -0.25) is 4.68 Å². The number of piperidine rings is 1. The Morgan fingerprint density at radius 3 is 2.86 bits per heavy atom. The van der Waals surface area contributed by atoms with Gasteiger partial charge < -0.3 is 4.90 Å². The highest BCUT2D eigenvalue weighted by molar-refractivity contribution is 5.53. The van der Waals surface area contributed by atoms with Gasteiger partial charge in [-0.25, -0.2) is 4.98 Å². The van der Waals surface area contributed by atoms with Crippen molar-refractivity contribution in [2.45, 2.75) is 32.2 Å². The topological polar surface area (TPSA) is 57.7 Å². The molecular weight excluding hydrogens is 262 g/mol. The minimum absolute atomic E-state index is 0.566. The van der Waals surface area contributed by atoms with E-state index < -0.39 is 0 Å². The molecule has 2 aromatic heterocycles. The van der Waals surface area contributed by atoms with Crippen molar-refractivity contribution in [2.75, 3.05) is 18.0 Å². The average Bonchev–Trinajstić information content (AvgIpc) is 3.04. The summed E-state index contributed by atoms with van der Waals surface area (Å²) >= 11 is 0. The van der Waals surface area contributed by atoms with Crippen LogP contribution in [0.3, 0.4) is 0 Å². The Labute approximate surface area is 124 Å². The van der Waals surface area contributed by atoms with Crippen molar-refractivity contribution >= 4 is 5.82 Å². The molecule has 0 atom stereocenters. The fourth-order valence-corrected chi connectivity index (χ4v) is 2.92. The van der Waals surface area contributed by atoms with Gasteiger partial charge in [-0.05, 0) is 43.4 Å². The minimum Gasteiger partial charge on any atom is -0.355 e. The van der Waals surface area contributed by atoms with Crippen molar-refractivity contribution in [1.82, 2.24) is 14.8 Å². The number of nitriles is 1. The molecule has 108 valence electrons. The quantitative estimate of drug-likeness (QED) is 0.867. The molecule has 0 aliphatic carbocycles. The Morgan fingerprint density at radius 1 is 1.38 bits per heavy atom. The largest absolute Gasteiger partial charge is 0.355 e. The smallest absolute Gasteiger partial charge is 0.146 e. The maximum absolute atomic E-state index is 9.18. The molecule has 0 radical (unpaired) electrons. The van der Waals surface area contributed by atoms with E-state index in [1.165, 1.54) is 5.56 Å². The van der Waals surface area contributed by atoms with E-state index in [1.54, 1.807) is 6.20 Å². The van der Waals surface area contributed by atoms with Crippen LogP contribution in [-0.4, -0.2) is 27.9 Å². The summed E-state index contributed by atoms with van der Waals surface area (Å²) in [5.74, 6) is 1.39. The third-order valence-electron chi connectivity index (χ3n) is 4.15. The molecule has 2 aromatic rings. The van der Waals surface area contributed by atoms with Gasteiger partial charge >= 0.3 is 0 Å². The molecule has 1 aliphatic rings. The maximum atomic E-state index is 9.18. The monoisotopic (exact) mass is 281 g/mol. The summed E-state index contributed by atoms with van der Waals surface area (Å²) in [6.45, 7) is 4.89. The Bertz CT molecular complexity index is 647. The Kier molecular flexibility index (Phi) is 3.87. The number of pyridine rings is 1. The van der Waals surface area contributed by atoms with Gasteiger partial charge in [0, 0.05) is 32.0 Å². The van der Waals surface area contributed by atoms with E-state index in [4.69, 9.17) is 0 Å². The number of nitrogens with zero attached hydrogens (tertiary/aromatic N) is 5. The first-order chi connectivity index (χ1) is 10.3. The van der Waals surface area contributed by atoms with Crippen molar-refractivity contribution < 1.29 is 0 Å². The molecule has 1 saturated heterocycles. The number of hydrogen-bond acceptors (Lipinski definition) is 4. The molecule has 0 unspecified atom stereocenters. The third kappa shape index (κ3) is 2.75. The lowest BCUT2D eigenvalue weighted by Gasteiger charge is -2.32. The Balaban J connectivity index is 1.69. The summed E-state index contributed by atoms with van der Waals surface area (Å²) < 4.78 is 1.98. The van der Waals surface area contributed by atoms with Crippen LogP contribution in [0.5, 0.6) is 0 Å². The highest BCUT2D eigenvalue weighted by Gasteiger charge is 2.23. The van der Waals surface area contributed by atoms with Gasteiger partial charge in [0.2, 0.25) is 0 Å². The van der Waals surface area contributed by atoms with Gasteiger partial charge in [0.05, 0.1) is 11.8 Å². The number of aromatic nitrogens is 3. The second-order valence-corrected chi connectivity index (χ2v) is 5.38. The summed E-state index contributed by atoms with van der Waals surface area (Å²) in [4.78, 5) is 6.60. The SMILES string of the molecule is CCn1cc(C2CCN(c3ncccc3C#N)CC2)cn1. The fraction of sp³-hybridized carbons (Fsp3) is 0.438. The van der Waals surface area contributed by atoms with Gasteiger partial charge in [0.1, 0.15) is 11.9 Å². The van der Waals surface area contributed by atoms with Crippen molar-refractivity contribution in [3.05, 3.63) is 41.9 Å².